The first-order valence-corrected chi connectivity index (χ1v) is 15.1. The third kappa shape index (κ3) is 6.70. The van der Waals surface area contributed by atoms with Gasteiger partial charge in [-0.1, -0.05) is 37.6 Å². The number of aromatic nitrogens is 3. The highest BCUT2D eigenvalue weighted by Crippen LogP contribution is 2.35. The molecule has 0 spiro atoms. The van der Waals surface area contributed by atoms with Crippen molar-refractivity contribution in [3.05, 3.63) is 56.8 Å². The van der Waals surface area contributed by atoms with E-state index < -0.39 is 5.97 Å². The van der Waals surface area contributed by atoms with Crippen molar-refractivity contribution in [3.8, 4) is 11.3 Å². The summed E-state index contributed by atoms with van der Waals surface area (Å²) in [6.45, 7) is 10.7. The summed E-state index contributed by atoms with van der Waals surface area (Å²) in [6.07, 6.45) is 6.84. The number of carbonyl (C=O) groups excluding carboxylic acids is 1. The smallest absolute Gasteiger partial charge is 0.306 e. The molecule has 10 heteroatoms. The van der Waals surface area contributed by atoms with Gasteiger partial charge in [-0.05, 0) is 56.2 Å². The van der Waals surface area contributed by atoms with Gasteiger partial charge < -0.3 is 10.0 Å². The molecule has 212 valence electrons. The molecule has 3 aromatic rings. The van der Waals surface area contributed by atoms with Gasteiger partial charge in [0.15, 0.2) is 5.78 Å². The highest BCUT2D eigenvalue weighted by molar-refractivity contribution is 7.12. The molecule has 8 nitrogen and oxygen atoms in total. The number of thiazole rings is 1. The van der Waals surface area contributed by atoms with Crippen molar-refractivity contribution in [2.45, 2.75) is 59.4 Å². The molecule has 0 unspecified atom stereocenters. The fraction of sp³-hybridized carbons (Fsp3) is 0.500. The van der Waals surface area contributed by atoms with E-state index in [0.29, 0.717) is 42.5 Å². The Balaban J connectivity index is 1.32. The average Bonchev–Trinajstić information content (AvgIpc) is 3.31. The molecule has 1 aromatic carbocycles. The zero-order chi connectivity index (χ0) is 28.4. The Morgan fingerprint density at radius 1 is 1.15 bits per heavy atom. The number of Topliss-reactive ketones (excluding diaryl/α,β-unsaturated/α-hetero) is 1. The Morgan fingerprint density at radius 3 is 2.58 bits per heavy atom. The highest BCUT2D eigenvalue weighted by atomic mass is 35.5. The third-order valence-corrected chi connectivity index (χ3v) is 9.38. The third-order valence-electron chi connectivity index (χ3n) is 7.94. The van der Waals surface area contributed by atoms with Crippen LogP contribution in [0.2, 0.25) is 5.02 Å². The van der Waals surface area contributed by atoms with E-state index in [0.717, 1.165) is 46.3 Å². The number of carboxylic acids is 1. The van der Waals surface area contributed by atoms with Crippen molar-refractivity contribution < 1.29 is 14.7 Å². The summed E-state index contributed by atoms with van der Waals surface area (Å²) in [7, 11) is 0. The molecule has 5 rings (SSSR count). The normalized spacial score (nSPS) is 18.1. The molecule has 2 aliphatic rings. The monoisotopic (exact) mass is 581 g/mol. The number of aryl methyl sites for hydroxylation is 1. The molecule has 1 N–H and O–H groups in total. The maximum absolute atomic E-state index is 13.2. The minimum Gasteiger partial charge on any atom is -0.481 e. The van der Waals surface area contributed by atoms with Gasteiger partial charge in [0, 0.05) is 41.6 Å². The van der Waals surface area contributed by atoms with E-state index in [9.17, 15) is 14.7 Å². The second-order valence-corrected chi connectivity index (χ2v) is 13.4. The number of anilines is 1. The lowest BCUT2D eigenvalue weighted by molar-refractivity contribution is -0.142. The van der Waals surface area contributed by atoms with Crippen LogP contribution in [-0.4, -0.2) is 62.9 Å². The Bertz CT molecular complexity index is 1380. The maximum Gasteiger partial charge on any atom is 0.306 e. The Labute approximate surface area is 244 Å². The van der Waals surface area contributed by atoms with Crippen LogP contribution in [0, 0.1) is 18.3 Å². The Kier molecular flexibility index (Phi) is 8.54. The van der Waals surface area contributed by atoms with Crippen molar-refractivity contribution in [3.63, 3.8) is 0 Å². The number of hydrogen-bond donors (Lipinski definition) is 1. The van der Waals surface area contributed by atoms with E-state index in [1.807, 2.05) is 24.0 Å². The number of benzene rings is 1. The number of piperidine rings is 2. The lowest BCUT2D eigenvalue weighted by Crippen LogP contribution is -2.39. The van der Waals surface area contributed by atoms with Crippen molar-refractivity contribution in [2.75, 3.05) is 31.1 Å². The minimum absolute atomic E-state index is 0.128. The zero-order valence-electron chi connectivity index (χ0n) is 23.3. The largest absolute Gasteiger partial charge is 0.481 e. The fourth-order valence-corrected chi connectivity index (χ4v) is 6.96. The first-order valence-electron chi connectivity index (χ1n) is 13.9. The van der Waals surface area contributed by atoms with Gasteiger partial charge in [0.05, 0.1) is 30.4 Å². The molecule has 0 atom stereocenters. The van der Waals surface area contributed by atoms with Gasteiger partial charge in [-0.3, -0.25) is 14.5 Å². The summed E-state index contributed by atoms with van der Waals surface area (Å²) < 4.78 is 0. The van der Waals surface area contributed by atoms with E-state index in [1.165, 1.54) is 19.0 Å². The number of aliphatic carboxylic acids is 1. The van der Waals surface area contributed by atoms with E-state index >= 15 is 0 Å². The van der Waals surface area contributed by atoms with Gasteiger partial charge in [0.2, 0.25) is 0 Å². The number of halogens is 1. The first-order chi connectivity index (χ1) is 19.1. The van der Waals surface area contributed by atoms with E-state index in [2.05, 4.69) is 34.8 Å². The molecule has 0 bridgehead atoms. The molecule has 40 heavy (non-hydrogen) atoms. The lowest BCUT2D eigenvalue weighted by atomic mass is 9.84. The molecular formula is C30H36ClN5O3S. The van der Waals surface area contributed by atoms with E-state index in [-0.39, 0.29) is 23.5 Å². The predicted octanol–water partition coefficient (Wildman–Crippen LogP) is 5.91. The quantitative estimate of drug-likeness (QED) is 0.328. The van der Waals surface area contributed by atoms with Gasteiger partial charge in [-0.25, -0.2) is 15.0 Å². The zero-order valence-corrected chi connectivity index (χ0v) is 24.9. The minimum atomic E-state index is -0.745. The molecule has 2 aliphatic heterocycles. The lowest BCUT2D eigenvalue weighted by Gasteiger charge is -2.37. The maximum atomic E-state index is 13.2. The van der Waals surface area contributed by atoms with Crippen LogP contribution >= 0.6 is 22.9 Å². The van der Waals surface area contributed by atoms with Gasteiger partial charge >= 0.3 is 5.97 Å². The fourth-order valence-electron chi connectivity index (χ4n) is 5.64. The number of rotatable bonds is 8. The number of ketones is 1. The van der Waals surface area contributed by atoms with Crippen LogP contribution in [-0.2, 0) is 17.8 Å². The Hall–Kier alpha value is -2.88. The van der Waals surface area contributed by atoms with Gasteiger partial charge in [0.1, 0.15) is 16.5 Å². The van der Waals surface area contributed by atoms with Crippen LogP contribution in [0.4, 0.5) is 5.82 Å². The first kappa shape index (κ1) is 28.6. The summed E-state index contributed by atoms with van der Waals surface area (Å²) in [5.41, 5.74) is 3.46. The van der Waals surface area contributed by atoms with E-state index in [4.69, 9.17) is 16.6 Å². The number of carboxylic acid groups (broad SMARTS) is 1. The number of hydrogen-bond acceptors (Lipinski definition) is 8. The molecule has 0 aliphatic carbocycles. The standard InChI is InChI=1S/C30H36ClN5O3S/c1-19-5-6-21(13-22(19)31)28-25(17-35-10-4-9-30(2,3)18-35)40-27(34-28)14-24(37)23-15-33-26(16-32-23)36-11-7-20(8-12-36)29(38)39/h5-6,13,15-16,20H,4,7-12,14,17-18H2,1-3H3,(H,38,39). The van der Waals surface area contributed by atoms with Crippen molar-refractivity contribution in [2.24, 2.45) is 11.3 Å². The summed E-state index contributed by atoms with van der Waals surface area (Å²) >= 11 is 8.06. The number of nitrogens with zero attached hydrogens (tertiary/aromatic N) is 5. The van der Waals surface area contributed by atoms with E-state index in [1.54, 1.807) is 17.5 Å². The van der Waals surface area contributed by atoms with Crippen LogP contribution in [0.15, 0.2) is 30.6 Å². The van der Waals surface area contributed by atoms with Crippen LogP contribution in [0.1, 0.15) is 65.5 Å². The number of carbonyl (C=O) groups is 2. The molecule has 4 heterocycles. The van der Waals surface area contributed by atoms with Crippen LogP contribution in [0.25, 0.3) is 11.3 Å². The van der Waals surface area contributed by atoms with Crippen molar-refractivity contribution in [1.82, 2.24) is 19.9 Å². The van der Waals surface area contributed by atoms with Crippen LogP contribution < -0.4 is 4.90 Å². The van der Waals surface area contributed by atoms with Gasteiger partial charge in [0.25, 0.3) is 0 Å². The Morgan fingerprint density at radius 2 is 1.93 bits per heavy atom. The average molecular weight is 582 g/mol. The number of likely N-dealkylation sites (tertiary alicyclic amines) is 1. The van der Waals surface area contributed by atoms with Crippen LogP contribution in [0.5, 0.6) is 0 Å². The van der Waals surface area contributed by atoms with Gasteiger partial charge in [-0.15, -0.1) is 11.3 Å². The second kappa shape index (κ2) is 11.9. The van der Waals surface area contributed by atoms with Crippen LogP contribution in [0.3, 0.4) is 0 Å². The molecule has 0 saturated carbocycles. The summed E-state index contributed by atoms with van der Waals surface area (Å²) in [5, 5.41) is 10.7. The van der Waals surface area contributed by atoms with Crippen molar-refractivity contribution in [1.29, 1.82) is 0 Å². The predicted molar refractivity (Wildman–Crippen MR) is 158 cm³/mol. The molecule has 0 radical (unpaired) electrons. The van der Waals surface area contributed by atoms with Crippen molar-refractivity contribution >= 4 is 40.5 Å². The van der Waals surface area contributed by atoms with Gasteiger partial charge in [-0.2, -0.15) is 0 Å². The summed E-state index contributed by atoms with van der Waals surface area (Å²) in [4.78, 5) is 43.9. The molecular weight excluding hydrogens is 546 g/mol. The summed E-state index contributed by atoms with van der Waals surface area (Å²) in [5.74, 6) is -0.516. The molecule has 2 saturated heterocycles. The molecule has 2 fully saturated rings. The SMILES string of the molecule is Cc1ccc(-c2nc(CC(=O)c3cnc(N4CCC(C(=O)O)CC4)cn3)sc2CN2CCCC(C)(C)C2)cc1Cl. The topological polar surface area (TPSA) is 99.5 Å². The molecule has 2 aromatic heterocycles. The highest BCUT2D eigenvalue weighted by Gasteiger charge is 2.28. The second-order valence-electron chi connectivity index (χ2n) is 11.8. The molecule has 0 amide bonds. The summed E-state index contributed by atoms with van der Waals surface area (Å²) in [6, 6.07) is 6.02.